The first-order valence-corrected chi connectivity index (χ1v) is 6.53. The molecule has 0 radical (unpaired) electrons. The van der Waals surface area contributed by atoms with E-state index < -0.39 is 0 Å². The highest BCUT2D eigenvalue weighted by Crippen LogP contribution is 2.28. The molecular weight excluding hydrogens is 262 g/mol. The molecule has 1 fully saturated rings. The van der Waals surface area contributed by atoms with Gasteiger partial charge in [0.05, 0.1) is 11.5 Å². The second kappa shape index (κ2) is 6.23. The van der Waals surface area contributed by atoms with E-state index in [1.807, 2.05) is 4.90 Å². The number of nitrogens with zero attached hydrogens (tertiary/aromatic N) is 3. The lowest BCUT2D eigenvalue weighted by molar-refractivity contribution is -0.384. The zero-order chi connectivity index (χ0) is 14.5. The minimum atomic E-state index is -0.382. The molecule has 0 saturated carbocycles. The van der Waals surface area contributed by atoms with E-state index in [2.05, 4.69) is 0 Å². The van der Waals surface area contributed by atoms with Crippen molar-refractivity contribution in [3.63, 3.8) is 0 Å². The lowest BCUT2D eigenvalue weighted by Gasteiger charge is -2.35. The SMILES string of the molecule is CCOC(=O)N1CCN(c2ccccc2[N+](=O)[O-])CC1. The number of benzene rings is 1. The Hall–Kier alpha value is -2.31. The Morgan fingerprint density at radius 3 is 2.55 bits per heavy atom. The molecule has 0 unspecified atom stereocenters. The van der Waals surface area contributed by atoms with Crippen LogP contribution in [0.15, 0.2) is 24.3 Å². The number of amides is 1. The third-order valence-corrected chi connectivity index (χ3v) is 3.22. The van der Waals surface area contributed by atoms with Crippen LogP contribution in [0.3, 0.4) is 0 Å². The van der Waals surface area contributed by atoms with Gasteiger partial charge >= 0.3 is 6.09 Å². The summed E-state index contributed by atoms with van der Waals surface area (Å²) in [5.41, 5.74) is 0.693. The van der Waals surface area contributed by atoms with E-state index >= 15 is 0 Å². The average Bonchev–Trinajstić information content (AvgIpc) is 2.47. The number of nitro benzene ring substituents is 1. The Morgan fingerprint density at radius 2 is 1.95 bits per heavy atom. The minimum absolute atomic E-state index is 0.0945. The summed E-state index contributed by atoms with van der Waals surface area (Å²) in [7, 11) is 0. The summed E-state index contributed by atoms with van der Waals surface area (Å²) in [6, 6.07) is 6.65. The third kappa shape index (κ3) is 2.98. The topological polar surface area (TPSA) is 75.9 Å². The van der Waals surface area contributed by atoms with Crippen molar-refractivity contribution in [2.75, 3.05) is 37.7 Å². The molecule has 1 heterocycles. The van der Waals surface area contributed by atoms with Crippen LogP contribution in [0.25, 0.3) is 0 Å². The van der Waals surface area contributed by atoms with Gasteiger partial charge in [0.2, 0.25) is 0 Å². The highest BCUT2D eigenvalue weighted by atomic mass is 16.6. The van der Waals surface area contributed by atoms with Gasteiger partial charge in [-0.05, 0) is 13.0 Å². The van der Waals surface area contributed by atoms with Crippen molar-refractivity contribution in [2.24, 2.45) is 0 Å². The van der Waals surface area contributed by atoms with Crippen LogP contribution in [0, 0.1) is 10.1 Å². The van der Waals surface area contributed by atoms with Crippen LogP contribution in [0.1, 0.15) is 6.92 Å². The fourth-order valence-electron chi connectivity index (χ4n) is 2.23. The lowest BCUT2D eigenvalue weighted by atomic mass is 10.2. The van der Waals surface area contributed by atoms with Crippen LogP contribution in [-0.2, 0) is 4.74 Å². The maximum absolute atomic E-state index is 11.6. The number of para-hydroxylation sites is 2. The van der Waals surface area contributed by atoms with E-state index in [0.717, 1.165) is 0 Å². The van der Waals surface area contributed by atoms with Gasteiger partial charge in [0, 0.05) is 32.2 Å². The second-order valence-electron chi connectivity index (χ2n) is 4.42. The molecule has 1 aliphatic rings. The molecule has 1 saturated heterocycles. The molecule has 7 nitrogen and oxygen atoms in total. The molecule has 0 aromatic heterocycles. The van der Waals surface area contributed by atoms with Crippen LogP contribution < -0.4 is 4.90 Å². The van der Waals surface area contributed by atoms with Crippen molar-refractivity contribution in [2.45, 2.75) is 6.92 Å². The monoisotopic (exact) mass is 279 g/mol. The molecule has 1 aromatic carbocycles. The van der Waals surface area contributed by atoms with Gasteiger partial charge in [0.25, 0.3) is 5.69 Å². The van der Waals surface area contributed by atoms with Gasteiger partial charge in [-0.15, -0.1) is 0 Å². The maximum atomic E-state index is 11.6. The largest absolute Gasteiger partial charge is 0.450 e. The van der Waals surface area contributed by atoms with Gasteiger partial charge in [0.1, 0.15) is 5.69 Å². The summed E-state index contributed by atoms with van der Waals surface area (Å²) in [6.45, 7) is 4.24. The van der Waals surface area contributed by atoms with Crippen LogP contribution in [0.5, 0.6) is 0 Å². The molecule has 0 aliphatic carbocycles. The maximum Gasteiger partial charge on any atom is 0.409 e. The summed E-state index contributed by atoms with van der Waals surface area (Å²) in [4.78, 5) is 25.8. The fourth-order valence-corrected chi connectivity index (χ4v) is 2.23. The van der Waals surface area contributed by atoms with Gasteiger partial charge in [-0.3, -0.25) is 10.1 Å². The minimum Gasteiger partial charge on any atom is -0.450 e. The number of carbonyl (C=O) groups excluding carboxylic acids is 1. The van der Waals surface area contributed by atoms with Crippen molar-refractivity contribution in [3.05, 3.63) is 34.4 Å². The van der Waals surface area contributed by atoms with Crippen molar-refractivity contribution < 1.29 is 14.5 Å². The van der Waals surface area contributed by atoms with Crippen LogP contribution in [0.4, 0.5) is 16.2 Å². The van der Waals surface area contributed by atoms with E-state index in [4.69, 9.17) is 4.74 Å². The number of nitro groups is 1. The molecule has 0 atom stereocenters. The number of piperazine rings is 1. The first-order chi connectivity index (χ1) is 9.63. The molecule has 108 valence electrons. The number of ether oxygens (including phenoxy) is 1. The molecule has 7 heteroatoms. The molecular formula is C13H17N3O4. The van der Waals surface area contributed by atoms with Gasteiger partial charge in [-0.1, -0.05) is 12.1 Å². The number of rotatable bonds is 3. The molecule has 20 heavy (non-hydrogen) atoms. The van der Waals surface area contributed by atoms with Crippen molar-refractivity contribution in [1.82, 2.24) is 4.90 Å². The van der Waals surface area contributed by atoms with Crippen LogP contribution in [-0.4, -0.2) is 48.7 Å². The normalized spacial score (nSPS) is 15.1. The molecule has 0 spiro atoms. The predicted octanol–water partition coefficient (Wildman–Crippen LogP) is 1.87. The van der Waals surface area contributed by atoms with Gasteiger partial charge in [0.15, 0.2) is 0 Å². The van der Waals surface area contributed by atoms with Gasteiger partial charge < -0.3 is 14.5 Å². The van der Waals surface area contributed by atoms with E-state index in [0.29, 0.717) is 38.5 Å². The first kappa shape index (κ1) is 14.1. The van der Waals surface area contributed by atoms with Crippen molar-refractivity contribution >= 4 is 17.5 Å². The van der Waals surface area contributed by atoms with Gasteiger partial charge in [-0.25, -0.2) is 4.79 Å². The zero-order valence-electron chi connectivity index (χ0n) is 11.3. The number of carbonyl (C=O) groups is 1. The summed E-state index contributed by atoms with van der Waals surface area (Å²) >= 11 is 0. The van der Waals surface area contributed by atoms with E-state index in [-0.39, 0.29) is 16.7 Å². The molecule has 2 rings (SSSR count). The van der Waals surface area contributed by atoms with E-state index in [1.165, 1.54) is 6.07 Å². The Bertz CT molecular complexity index is 498. The second-order valence-corrected chi connectivity index (χ2v) is 4.42. The number of anilines is 1. The fraction of sp³-hybridized carbons (Fsp3) is 0.462. The standard InChI is InChI=1S/C13H17N3O4/c1-2-20-13(17)15-9-7-14(8-10-15)11-5-3-4-6-12(11)16(18)19/h3-6H,2,7-10H2,1H3. The highest BCUT2D eigenvalue weighted by molar-refractivity contribution is 5.69. The molecule has 1 aromatic rings. The zero-order valence-corrected chi connectivity index (χ0v) is 11.3. The molecule has 0 bridgehead atoms. The summed E-state index contributed by atoms with van der Waals surface area (Å²) < 4.78 is 4.94. The third-order valence-electron chi connectivity index (χ3n) is 3.22. The Labute approximate surface area is 116 Å². The summed E-state index contributed by atoms with van der Waals surface area (Å²) in [6.07, 6.45) is -0.324. The van der Waals surface area contributed by atoms with Gasteiger partial charge in [-0.2, -0.15) is 0 Å². The van der Waals surface area contributed by atoms with E-state index in [9.17, 15) is 14.9 Å². The first-order valence-electron chi connectivity index (χ1n) is 6.53. The number of hydrogen-bond donors (Lipinski definition) is 0. The van der Waals surface area contributed by atoms with Crippen molar-refractivity contribution in [3.8, 4) is 0 Å². The van der Waals surface area contributed by atoms with Crippen LogP contribution >= 0.6 is 0 Å². The summed E-state index contributed by atoms with van der Waals surface area (Å²) in [5, 5.41) is 11.0. The Kier molecular flexibility index (Phi) is 4.39. The molecule has 1 aliphatic heterocycles. The molecule has 1 amide bonds. The average molecular weight is 279 g/mol. The highest BCUT2D eigenvalue weighted by Gasteiger charge is 2.25. The smallest absolute Gasteiger partial charge is 0.409 e. The van der Waals surface area contributed by atoms with Crippen molar-refractivity contribution in [1.29, 1.82) is 0 Å². The predicted molar refractivity (Wildman–Crippen MR) is 73.9 cm³/mol. The quantitative estimate of drug-likeness (QED) is 0.623. The van der Waals surface area contributed by atoms with E-state index in [1.54, 1.807) is 30.0 Å². The lowest BCUT2D eigenvalue weighted by Crippen LogP contribution is -2.49. The molecule has 0 N–H and O–H groups in total. The Balaban J connectivity index is 2.04. The number of hydrogen-bond acceptors (Lipinski definition) is 5. The summed E-state index contributed by atoms with van der Waals surface area (Å²) in [5.74, 6) is 0. The van der Waals surface area contributed by atoms with Crippen LogP contribution in [0.2, 0.25) is 0 Å². The Morgan fingerprint density at radius 1 is 1.30 bits per heavy atom.